The lowest BCUT2D eigenvalue weighted by Gasteiger charge is -2.19. The largest absolute Gasteiger partial charge is 0.415 e. The van der Waals surface area contributed by atoms with Crippen molar-refractivity contribution >= 4 is 27.3 Å². The van der Waals surface area contributed by atoms with Crippen molar-refractivity contribution in [2.75, 3.05) is 16.7 Å². The van der Waals surface area contributed by atoms with Gasteiger partial charge in [-0.1, -0.05) is 6.07 Å². The van der Waals surface area contributed by atoms with E-state index in [2.05, 4.69) is 30.2 Å². The molecule has 2 aromatic carbocycles. The van der Waals surface area contributed by atoms with E-state index in [0.717, 1.165) is 0 Å². The van der Waals surface area contributed by atoms with Crippen LogP contribution in [0.25, 0.3) is 23.0 Å². The van der Waals surface area contributed by atoms with Gasteiger partial charge >= 0.3 is 0 Å². The molecule has 2 heterocycles. The van der Waals surface area contributed by atoms with Crippen molar-refractivity contribution in [3.05, 3.63) is 67.1 Å². The zero-order valence-electron chi connectivity index (χ0n) is 18.8. The Balaban J connectivity index is 1.48. The van der Waals surface area contributed by atoms with Crippen LogP contribution in [-0.4, -0.2) is 41.2 Å². The number of halogens is 1. The summed E-state index contributed by atoms with van der Waals surface area (Å²) in [5.41, 5.74) is 0.302. The van der Waals surface area contributed by atoms with E-state index in [-0.39, 0.29) is 22.4 Å². The molecule has 0 aliphatic heterocycles. The van der Waals surface area contributed by atoms with Crippen LogP contribution in [0.4, 0.5) is 15.8 Å². The standard InChI is InChI=1S/C23H21FN6O4S/c1-23(2,14-24)22(31)27-16-4-3-5-17(12-16)30-35(32,33)18-8-6-15(7-9-18)20-28-29-21(34-20)19-13-25-10-11-26-19/h3-13,30H,14H2,1-2H3,(H,27,31). The van der Waals surface area contributed by atoms with Gasteiger partial charge in [-0.2, -0.15) is 0 Å². The molecular weight excluding hydrogens is 475 g/mol. The van der Waals surface area contributed by atoms with Crippen LogP contribution in [0.3, 0.4) is 0 Å². The number of aromatic nitrogens is 4. The van der Waals surface area contributed by atoms with E-state index in [9.17, 15) is 17.6 Å². The maximum absolute atomic E-state index is 13.1. The Morgan fingerprint density at radius 3 is 2.43 bits per heavy atom. The van der Waals surface area contributed by atoms with Crippen LogP contribution in [0, 0.1) is 5.41 Å². The van der Waals surface area contributed by atoms with Gasteiger partial charge in [0, 0.05) is 23.6 Å². The molecule has 0 saturated heterocycles. The highest BCUT2D eigenvalue weighted by molar-refractivity contribution is 7.92. The Morgan fingerprint density at radius 1 is 1.03 bits per heavy atom. The Hall–Kier alpha value is -4.19. The summed E-state index contributed by atoms with van der Waals surface area (Å²) in [6, 6.07) is 12.0. The first-order valence-electron chi connectivity index (χ1n) is 10.4. The third-order valence-corrected chi connectivity index (χ3v) is 6.34. The van der Waals surface area contributed by atoms with Crippen LogP contribution in [0.2, 0.25) is 0 Å². The van der Waals surface area contributed by atoms with Crippen LogP contribution in [0.5, 0.6) is 0 Å². The monoisotopic (exact) mass is 496 g/mol. The van der Waals surface area contributed by atoms with E-state index >= 15 is 0 Å². The minimum Gasteiger partial charge on any atom is -0.415 e. The molecule has 4 rings (SSSR count). The number of carbonyl (C=O) groups is 1. The second kappa shape index (κ2) is 9.58. The number of amides is 1. The van der Waals surface area contributed by atoms with Crippen LogP contribution < -0.4 is 10.0 Å². The molecule has 0 aliphatic carbocycles. The van der Waals surface area contributed by atoms with E-state index in [1.807, 2.05) is 0 Å². The molecule has 0 unspecified atom stereocenters. The normalized spacial score (nSPS) is 11.7. The van der Waals surface area contributed by atoms with Gasteiger partial charge in [0.2, 0.25) is 11.8 Å². The van der Waals surface area contributed by atoms with Gasteiger partial charge < -0.3 is 9.73 Å². The maximum Gasteiger partial charge on any atom is 0.268 e. The second-order valence-corrected chi connectivity index (χ2v) is 9.87. The van der Waals surface area contributed by atoms with Gasteiger partial charge in [0.15, 0.2) is 0 Å². The topological polar surface area (TPSA) is 140 Å². The predicted molar refractivity (Wildman–Crippen MR) is 126 cm³/mol. The zero-order valence-corrected chi connectivity index (χ0v) is 19.6. The molecule has 180 valence electrons. The first-order chi connectivity index (χ1) is 16.7. The Morgan fingerprint density at radius 2 is 1.74 bits per heavy atom. The summed E-state index contributed by atoms with van der Waals surface area (Å²) >= 11 is 0. The summed E-state index contributed by atoms with van der Waals surface area (Å²) in [6.45, 7) is 2.12. The third kappa shape index (κ3) is 5.49. The van der Waals surface area contributed by atoms with Crippen LogP contribution >= 0.6 is 0 Å². The van der Waals surface area contributed by atoms with E-state index in [0.29, 0.717) is 16.9 Å². The molecule has 2 aromatic heterocycles. The van der Waals surface area contributed by atoms with Gasteiger partial charge in [0.1, 0.15) is 12.4 Å². The van der Waals surface area contributed by atoms with Crippen molar-refractivity contribution in [1.82, 2.24) is 20.2 Å². The average molecular weight is 497 g/mol. The van der Waals surface area contributed by atoms with Gasteiger partial charge in [-0.3, -0.25) is 14.5 Å². The van der Waals surface area contributed by atoms with Gasteiger partial charge in [-0.15, -0.1) is 10.2 Å². The summed E-state index contributed by atoms with van der Waals surface area (Å²) in [4.78, 5) is 20.2. The molecule has 4 aromatic rings. The van der Waals surface area contributed by atoms with Crippen LogP contribution in [-0.2, 0) is 14.8 Å². The summed E-state index contributed by atoms with van der Waals surface area (Å²) in [5.74, 6) is -0.130. The third-order valence-electron chi connectivity index (χ3n) is 4.94. The summed E-state index contributed by atoms with van der Waals surface area (Å²) < 4.78 is 46.9. The lowest BCUT2D eigenvalue weighted by molar-refractivity contribution is -0.124. The fraction of sp³-hybridized carbons (Fsp3) is 0.174. The van der Waals surface area contributed by atoms with E-state index in [1.165, 1.54) is 68.8 Å². The second-order valence-electron chi connectivity index (χ2n) is 8.19. The first kappa shape index (κ1) is 24.0. The molecule has 0 spiro atoms. The quantitative estimate of drug-likeness (QED) is 0.374. The molecular formula is C23H21FN6O4S. The maximum atomic E-state index is 13.1. The number of carbonyl (C=O) groups excluding carboxylic acids is 1. The van der Waals surface area contributed by atoms with E-state index in [4.69, 9.17) is 4.42 Å². The van der Waals surface area contributed by atoms with E-state index < -0.39 is 28.0 Å². The van der Waals surface area contributed by atoms with Crippen molar-refractivity contribution in [1.29, 1.82) is 0 Å². The van der Waals surface area contributed by atoms with Gasteiger partial charge in [0.25, 0.3) is 15.9 Å². The lowest BCUT2D eigenvalue weighted by atomic mass is 9.94. The summed E-state index contributed by atoms with van der Waals surface area (Å²) in [5, 5.41) is 10.5. The van der Waals surface area contributed by atoms with Crippen LogP contribution in [0.1, 0.15) is 13.8 Å². The fourth-order valence-electron chi connectivity index (χ4n) is 2.87. The number of rotatable bonds is 8. The van der Waals surface area contributed by atoms with E-state index in [1.54, 1.807) is 12.1 Å². The average Bonchev–Trinajstić information content (AvgIpc) is 3.35. The molecule has 10 nitrogen and oxygen atoms in total. The summed E-state index contributed by atoms with van der Waals surface area (Å²) in [7, 11) is -3.94. The number of hydrogen-bond donors (Lipinski definition) is 2. The van der Waals surface area contributed by atoms with Crippen molar-refractivity contribution in [3.63, 3.8) is 0 Å². The SMILES string of the molecule is CC(C)(CF)C(=O)Nc1cccc(NS(=O)(=O)c2ccc(-c3nnc(-c4cnccn4)o3)cc2)c1. The molecule has 0 radical (unpaired) electrons. The first-order valence-corrected chi connectivity index (χ1v) is 11.9. The zero-order chi connectivity index (χ0) is 25.1. The Kier molecular flexibility index (Phi) is 6.56. The lowest BCUT2D eigenvalue weighted by Crippen LogP contribution is -2.32. The molecule has 12 heteroatoms. The molecule has 0 aliphatic rings. The Labute approximate surface area is 200 Å². The Bertz CT molecular complexity index is 1440. The molecule has 0 atom stereocenters. The highest BCUT2D eigenvalue weighted by Crippen LogP contribution is 2.26. The highest BCUT2D eigenvalue weighted by Gasteiger charge is 2.27. The fourth-order valence-corrected chi connectivity index (χ4v) is 3.91. The number of sulfonamides is 1. The number of nitrogens with zero attached hydrogens (tertiary/aromatic N) is 4. The minimum atomic E-state index is -3.94. The summed E-state index contributed by atoms with van der Waals surface area (Å²) in [6.07, 6.45) is 4.51. The number of nitrogens with one attached hydrogen (secondary N) is 2. The van der Waals surface area contributed by atoms with Gasteiger partial charge in [-0.25, -0.2) is 17.8 Å². The molecule has 0 saturated carbocycles. The number of benzene rings is 2. The number of alkyl halides is 1. The molecule has 0 fully saturated rings. The minimum absolute atomic E-state index is 0.00270. The number of anilines is 2. The highest BCUT2D eigenvalue weighted by atomic mass is 32.2. The van der Waals surface area contributed by atoms with Crippen molar-refractivity contribution in [2.45, 2.75) is 18.7 Å². The van der Waals surface area contributed by atoms with Crippen molar-refractivity contribution < 1.29 is 22.0 Å². The smallest absolute Gasteiger partial charge is 0.268 e. The molecule has 0 bridgehead atoms. The van der Waals surface area contributed by atoms with Crippen molar-refractivity contribution in [3.8, 4) is 23.0 Å². The number of hydrogen-bond acceptors (Lipinski definition) is 8. The van der Waals surface area contributed by atoms with Crippen LogP contribution in [0.15, 0.2) is 76.4 Å². The van der Waals surface area contributed by atoms with Gasteiger partial charge in [0.05, 0.1) is 22.2 Å². The predicted octanol–water partition coefficient (Wildman–Crippen LogP) is 3.93. The molecule has 2 N–H and O–H groups in total. The molecule has 1 amide bonds. The van der Waals surface area contributed by atoms with Gasteiger partial charge in [-0.05, 0) is 56.3 Å². The molecule has 35 heavy (non-hydrogen) atoms. The van der Waals surface area contributed by atoms with Crippen molar-refractivity contribution in [2.24, 2.45) is 5.41 Å².